The molecule has 1 heterocycles. The Kier molecular flexibility index (Phi) is 9.39. The van der Waals surface area contributed by atoms with Crippen molar-refractivity contribution >= 4 is 11.8 Å². The molecule has 1 atom stereocenters. The zero-order valence-electron chi connectivity index (χ0n) is 24.0. The van der Waals surface area contributed by atoms with Gasteiger partial charge in [0.2, 0.25) is 5.91 Å². The first-order valence-electron chi connectivity index (χ1n) is 14.2. The van der Waals surface area contributed by atoms with E-state index in [1.807, 2.05) is 36.2 Å². The number of rotatable bonds is 9. The molecule has 1 aliphatic rings. The van der Waals surface area contributed by atoms with Gasteiger partial charge in [-0.1, -0.05) is 63.6 Å². The van der Waals surface area contributed by atoms with Gasteiger partial charge >= 0.3 is 0 Å². The molecule has 0 bridgehead atoms. The van der Waals surface area contributed by atoms with Gasteiger partial charge < -0.3 is 9.80 Å². The van der Waals surface area contributed by atoms with Gasteiger partial charge in [-0.15, -0.1) is 0 Å². The summed E-state index contributed by atoms with van der Waals surface area (Å²) < 4.78 is 27.0. The lowest BCUT2D eigenvalue weighted by molar-refractivity contribution is -0.131. The van der Waals surface area contributed by atoms with Crippen LogP contribution >= 0.6 is 0 Å². The molecule has 1 fully saturated rings. The summed E-state index contributed by atoms with van der Waals surface area (Å²) in [6, 6.07) is 20.7. The summed E-state index contributed by atoms with van der Waals surface area (Å²) in [4.78, 5) is 29.7. The highest BCUT2D eigenvalue weighted by molar-refractivity contribution is 5.94. The van der Waals surface area contributed by atoms with Crippen molar-refractivity contribution in [3.05, 3.63) is 107 Å². The molecule has 1 aliphatic heterocycles. The van der Waals surface area contributed by atoms with E-state index in [2.05, 4.69) is 20.8 Å². The normalized spacial score (nSPS) is 15.5. The molecule has 3 aromatic carbocycles. The zero-order valence-corrected chi connectivity index (χ0v) is 24.0. The average Bonchev–Trinajstić information content (AvgIpc) is 3.43. The van der Waals surface area contributed by atoms with Crippen LogP contribution in [0.2, 0.25) is 0 Å². The van der Waals surface area contributed by atoms with Crippen LogP contribution in [0, 0.1) is 11.6 Å². The van der Waals surface area contributed by atoms with Crippen molar-refractivity contribution in [1.82, 2.24) is 9.80 Å². The van der Waals surface area contributed by atoms with E-state index in [1.165, 1.54) is 29.8 Å². The van der Waals surface area contributed by atoms with Crippen LogP contribution < -0.4 is 0 Å². The first kappa shape index (κ1) is 29.4. The van der Waals surface area contributed by atoms with Crippen LogP contribution in [0.25, 0.3) is 0 Å². The second-order valence-electron chi connectivity index (χ2n) is 11.9. The van der Waals surface area contributed by atoms with Crippen LogP contribution in [0.4, 0.5) is 8.78 Å². The monoisotopic (exact) mass is 546 g/mol. The summed E-state index contributed by atoms with van der Waals surface area (Å²) >= 11 is 0. The number of hydrogen-bond acceptors (Lipinski definition) is 2. The highest BCUT2D eigenvalue weighted by atomic mass is 19.1. The maximum Gasteiger partial charge on any atom is 0.253 e. The van der Waals surface area contributed by atoms with Gasteiger partial charge in [0.25, 0.3) is 5.91 Å². The number of nitrogens with zero attached hydrogens (tertiary/aromatic N) is 2. The van der Waals surface area contributed by atoms with Gasteiger partial charge in [-0.2, -0.15) is 0 Å². The Morgan fingerprint density at radius 1 is 0.875 bits per heavy atom. The minimum absolute atomic E-state index is 0.000832. The Hall–Kier alpha value is -3.54. The third-order valence-corrected chi connectivity index (χ3v) is 8.07. The van der Waals surface area contributed by atoms with Gasteiger partial charge in [0, 0.05) is 38.0 Å². The number of likely N-dealkylation sites (tertiary alicyclic amines) is 1. The molecule has 0 N–H and O–H groups in total. The van der Waals surface area contributed by atoms with Crippen LogP contribution in [0.5, 0.6) is 0 Å². The SMILES string of the molecule is CN(C(=O)CCCCC(c1ccc(F)cc1)c1ccc(F)cc1)[C@@H]1CCN(C(=O)c2ccc(C(C)(C)C)cc2)C1. The van der Waals surface area contributed by atoms with Gasteiger partial charge in [0.1, 0.15) is 11.6 Å². The predicted molar refractivity (Wildman–Crippen MR) is 155 cm³/mol. The molecule has 0 radical (unpaired) electrons. The first-order chi connectivity index (χ1) is 19.0. The second kappa shape index (κ2) is 12.8. The molecule has 1 saturated heterocycles. The minimum Gasteiger partial charge on any atom is -0.341 e. The van der Waals surface area contributed by atoms with Crippen LogP contribution in [0.3, 0.4) is 0 Å². The van der Waals surface area contributed by atoms with E-state index in [0.29, 0.717) is 25.1 Å². The van der Waals surface area contributed by atoms with E-state index in [9.17, 15) is 18.4 Å². The summed E-state index contributed by atoms with van der Waals surface area (Å²) in [5.41, 5.74) is 3.85. The fourth-order valence-corrected chi connectivity index (χ4v) is 5.46. The molecule has 3 aromatic rings. The Morgan fingerprint density at radius 2 is 1.43 bits per heavy atom. The quantitative estimate of drug-likeness (QED) is 0.264. The summed E-state index contributed by atoms with van der Waals surface area (Å²) in [7, 11) is 1.83. The summed E-state index contributed by atoms with van der Waals surface area (Å²) in [6.07, 6.45) is 3.49. The summed E-state index contributed by atoms with van der Waals surface area (Å²) in [5, 5.41) is 0. The Bertz CT molecular complexity index is 1240. The lowest BCUT2D eigenvalue weighted by Gasteiger charge is -2.25. The van der Waals surface area contributed by atoms with Gasteiger partial charge in [0.05, 0.1) is 6.04 Å². The Balaban J connectivity index is 1.28. The second-order valence-corrected chi connectivity index (χ2v) is 11.9. The first-order valence-corrected chi connectivity index (χ1v) is 14.2. The van der Waals surface area contributed by atoms with Crippen LogP contribution in [0.15, 0.2) is 72.8 Å². The third-order valence-electron chi connectivity index (χ3n) is 8.07. The van der Waals surface area contributed by atoms with E-state index >= 15 is 0 Å². The number of carbonyl (C=O) groups excluding carboxylic acids is 2. The fraction of sp³-hybridized carbons (Fsp3) is 0.412. The number of likely N-dealkylation sites (N-methyl/N-ethyl adjacent to an activating group) is 1. The molecule has 212 valence electrons. The summed E-state index contributed by atoms with van der Waals surface area (Å²) in [5.74, 6) is -0.493. The van der Waals surface area contributed by atoms with Crippen molar-refractivity contribution in [3.8, 4) is 0 Å². The molecule has 4 rings (SSSR count). The van der Waals surface area contributed by atoms with E-state index < -0.39 is 0 Å². The van der Waals surface area contributed by atoms with Crippen molar-refractivity contribution in [1.29, 1.82) is 0 Å². The fourth-order valence-electron chi connectivity index (χ4n) is 5.46. The lowest BCUT2D eigenvalue weighted by atomic mass is 9.86. The van der Waals surface area contributed by atoms with Crippen LogP contribution in [-0.4, -0.2) is 47.8 Å². The standard InChI is InChI=1S/C34H40F2N2O2/c1-34(2,3)27-15-9-26(10-16-27)33(40)38-22-21-30(23-38)37(4)32(39)8-6-5-7-31(24-11-17-28(35)18-12-24)25-13-19-29(36)20-14-25/h9-20,30-31H,5-8,21-23H2,1-4H3/t30-/m1/s1. The topological polar surface area (TPSA) is 40.6 Å². The number of carbonyl (C=O) groups is 2. The van der Waals surface area contributed by atoms with Gasteiger partial charge in [-0.05, 0) is 77.8 Å². The van der Waals surface area contributed by atoms with Gasteiger partial charge in [-0.3, -0.25) is 9.59 Å². The van der Waals surface area contributed by atoms with Gasteiger partial charge in [0.15, 0.2) is 0 Å². The molecular weight excluding hydrogens is 506 g/mol. The molecule has 2 amide bonds. The Labute approximate surface area is 237 Å². The number of unbranched alkanes of at least 4 members (excludes halogenated alkanes) is 1. The number of amides is 2. The van der Waals surface area contributed by atoms with Crippen molar-refractivity contribution in [2.45, 2.75) is 70.3 Å². The number of hydrogen-bond donors (Lipinski definition) is 0. The average molecular weight is 547 g/mol. The van der Waals surface area contributed by atoms with Gasteiger partial charge in [-0.25, -0.2) is 8.78 Å². The van der Waals surface area contributed by atoms with Crippen molar-refractivity contribution in [2.75, 3.05) is 20.1 Å². The zero-order chi connectivity index (χ0) is 28.9. The number of benzene rings is 3. The molecule has 0 spiro atoms. The van der Waals surface area contributed by atoms with E-state index in [4.69, 9.17) is 0 Å². The third kappa shape index (κ3) is 7.35. The summed E-state index contributed by atoms with van der Waals surface area (Å²) in [6.45, 7) is 7.63. The molecule has 0 aromatic heterocycles. The van der Waals surface area contributed by atoms with Crippen molar-refractivity contribution in [3.63, 3.8) is 0 Å². The predicted octanol–water partition coefficient (Wildman–Crippen LogP) is 7.33. The molecule has 0 aliphatic carbocycles. The molecule has 0 saturated carbocycles. The maximum atomic E-state index is 13.5. The lowest BCUT2D eigenvalue weighted by Crippen LogP contribution is -2.40. The largest absolute Gasteiger partial charge is 0.341 e. The van der Waals surface area contributed by atoms with Crippen LogP contribution in [-0.2, 0) is 10.2 Å². The van der Waals surface area contributed by atoms with E-state index in [0.717, 1.165) is 36.8 Å². The highest BCUT2D eigenvalue weighted by Gasteiger charge is 2.31. The Morgan fingerprint density at radius 3 is 1.95 bits per heavy atom. The van der Waals surface area contributed by atoms with Crippen molar-refractivity contribution < 1.29 is 18.4 Å². The highest BCUT2D eigenvalue weighted by Crippen LogP contribution is 2.31. The van der Waals surface area contributed by atoms with Crippen molar-refractivity contribution in [2.24, 2.45) is 0 Å². The minimum atomic E-state index is -0.291. The van der Waals surface area contributed by atoms with E-state index in [-0.39, 0.29) is 40.8 Å². The van der Waals surface area contributed by atoms with Crippen LogP contribution in [0.1, 0.15) is 85.8 Å². The molecule has 6 heteroatoms. The smallest absolute Gasteiger partial charge is 0.253 e. The maximum absolute atomic E-state index is 13.5. The molecule has 4 nitrogen and oxygen atoms in total. The molecule has 40 heavy (non-hydrogen) atoms. The molecular formula is C34H40F2N2O2. The molecule has 0 unspecified atom stereocenters. The van der Waals surface area contributed by atoms with E-state index in [1.54, 1.807) is 29.2 Å². The number of halogens is 2.